The Morgan fingerprint density at radius 1 is 1.25 bits per heavy atom. The minimum atomic E-state index is 0.634. The van der Waals surface area contributed by atoms with Crippen molar-refractivity contribution in [2.75, 3.05) is 20.3 Å². The summed E-state index contributed by atoms with van der Waals surface area (Å²) < 4.78 is 5.17. The number of nitrogens with zero attached hydrogens (tertiary/aromatic N) is 2. The van der Waals surface area contributed by atoms with Crippen LogP contribution in [0.5, 0.6) is 0 Å². The lowest BCUT2D eigenvalue weighted by Crippen LogP contribution is -2.27. The van der Waals surface area contributed by atoms with Gasteiger partial charge in [0.1, 0.15) is 0 Å². The number of ether oxygens (including phenoxy) is 1. The zero-order valence-corrected chi connectivity index (χ0v) is 10.5. The largest absolute Gasteiger partial charge is 0.385 e. The first kappa shape index (κ1) is 11.9. The maximum atomic E-state index is 5.17. The van der Waals surface area contributed by atoms with Crippen LogP contribution in [0.1, 0.15) is 51.4 Å². The van der Waals surface area contributed by atoms with Crippen molar-refractivity contribution in [3.8, 4) is 0 Å². The van der Waals surface area contributed by atoms with Crippen LogP contribution in [0.15, 0.2) is 5.10 Å². The molecule has 1 unspecified atom stereocenters. The molecule has 0 aromatic rings. The predicted octanol–water partition coefficient (Wildman–Crippen LogP) is 2.81. The van der Waals surface area contributed by atoms with Crippen molar-refractivity contribution in [2.45, 2.75) is 57.4 Å². The average Bonchev–Trinajstić information content (AvgIpc) is 2.75. The van der Waals surface area contributed by atoms with Gasteiger partial charge >= 0.3 is 0 Å². The Balaban J connectivity index is 1.86. The molecule has 1 aliphatic carbocycles. The van der Waals surface area contributed by atoms with Gasteiger partial charge in [-0.2, -0.15) is 5.10 Å². The van der Waals surface area contributed by atoms with Gasteiger partial charge in [0.05, 0.1) is 0 Å². The van der Waals surface area contributed by atoms with E-state index in [1.807, 2.05) is 0 Å². The van der Waals surface area contributed by atoms with Gasteiger partial charge in [0, 0.05) is 32.0 Å². The third kappa shape index (κ3) is 3.21. The Bertz CT molecular complexity index is 232. The van der Waals surface area contributed by atoms with E-state index in [0.29, 0.717) is 6.04 Å². The van der Waals surface area contributed by atoms with E-state index in [4.69, 9.17) is 9.84 Å². The molecule has 3 heteroatoms. The summed E-state index contributed by atoms with van der Waals surface area (Å²) in [5.41, 5.74) is 1.44. The smallest absolute Gasteiger partial charge is 0.0493 e. The van der Waals surface area contributed by atoms with Crippen molar-refractivity contribution in [3.05, 3.63) is 0 Å². The molecule has 0 aromatic carbocycles. The molecule has 2 aliphatic rings. The number of hydrogen-bond donors (Lipinski definition) is 0. The van der Waals surface area contributed by atoms with Crippen LogP contribution in [0.4, 0.5) is 0 Å². The molecule has 1 aliphatic heterocycles. The van der Waals surface area contributed by atoms with Gasteiger partial charge < -0.3 is 4.74 Å². The highest BCUT2D eigenvalue weighted by Gasteiger charge is 2.23. The maximum absolute atomic E-state index is 5.17. The lowest BCUT2D eigenvalue weighted by atomic mass is 9.99. The van der Waals surface area contributed by atoms with Crippen molar-refractivity contribution >= 4 is 5.71 Å². The summed E-state index contributed by atoms with van der Waals surface area (Å²) in [7, 11) is 1.78. The molecule has 0 bridgehead atoms. The molecule has 2 fully saturated rings. The van der Waals surface area contributed by atoms with Crippen LogP contribution in [0.3, 0.4) is 0 Å². The van der Waals surface area contributed by atoms with Gasteiger partial charge in [-0.25, -0.2) is 0 Å². The molecule has 2 rings (SSSR count). The van der Waals surface area contributed by atoms with Gasteiger partial charge in [-0.05, 0) is 44.9 Å². The SMILES string of the molecule is COCCC1CCCN1N=C1CCCCC1. The van der Waals surface area contributed by atoms with Crippen molar-refractivity contribution in [1.82, 2.24) is 5.01 Å². The quantitative estimate of drug-likeness (QED) is 0.733. The molecule has 0 N–H and O–H groups in total. The van der Waals surface area contributed by atoms with E-state index >= 15 is 0 Å². The second kappa shape index (κ2) is 6.24. The van der Waals surface area contributed by atoms with Crippen LogP contribution in [0.2, 0.25) is 0 Å². The molecule has 16 heavy (non-hydrogen) atoms. The fraction of sp³-hybridized carbons (Fsp3) is 0.923. The Morgan fingerprint density at radius 2 is 2.06 bits per heavy atom. The van der Waals surface area contributed by atoms with Crippen LogP contribution < -0.4 is 0 Å². The average molecular weight is 224 g/mol. The van der Waals surface area contributed by atoms with Gasteiger partial charge in [0.15, 0.2) is 0 Å². The summed E-state index contributed by atoms with van der Waals surface area (Å²) in [6, 6.07) is 0.634. The molecular formula is C13H24N2O. The Morgan fingerprint density at radius 3 is 2.81 bits per heavy atom. The third-order valence-corrected chi connectivity index (χ3v) is 3.70. The number of methoxy groups -OCH3 is 1. The monoisotopic (exact) mass is 224 g/mol. The number of rotatable bonds is 4. The third-order valence-electron chi connectivity index (χ3n) is 3.70. The van der Waals surface area contributed by atoms with Crippen molar-refractivity contribution in [1.29, 1.82) is 0 Å². The maximum Gasteiger partial charge on any atom is 0.0493 e. The highest BCUT2D eigenvalue weighted by molar-refractivity contribution is 5.84. The molecule has 1 saturated heterocycles. The Labute approximate surface area is 98.8 Å². The standard InChI is InChI=1S/C13H24N2O/c1-16-11-9-13-8-5-10-15(13)14-12-6-3-2-4-7-12/h13H,2-11H2,1H3. The minimum absolute atomic E-state index is 0.634. The molecular weight excluding hydrogens is 200 g/mol. The van der Waals surface area contributed by atoms with Gasteiger partial charge in [0.25, 0.3) is 0 Å². The first-order valence-electron chi connectivity index (χ1n) is 6.72. The van der Waals surface area contributed by atoms with E-state index in [1.165, 1.54) is 50.7 Å². The Kier molecular flexibility index (Phi) is 4.64. The van der Waals surface area contributed by atoms with Crippen LogP contribution >= 0.6 is 0 Å². The second-order valence-electron chi connectivity index (χ2n) is 4.97. The van der Waals surface area contributed by atoms with Crippen molar-refractivity contribution in [2.24, 2.45) is 5.10 Å². The zero-order chi connectivity index (χ0) is 11.2. The molecule has 0 radical (unpaired) electrons. The molecule has 0 amide bonds. The normalized spacial score (nSPS) is 26.2. The van der Waals surface area contributed by atoms with Crippen LogP contribution in [0, 0.1) is 0 Å². The molecule has 3 nitrogen and oxygen atoms in total. The lowest BCUT2D eigenvalue weighted by Gasteiger charge is -2.24. The van der Waals surface area contributed by atoms with E-state index in [0.717, 1.165) is 19.6 Å². The number of hydrogen-bond acceptors (Lipinski definition) is 3. The highest BCUT2D eigenvalue weighted by atomic mass is 16.5. The first-order chi connectivity index (χ1) is 7.90. The predicted molar refractivity (Wildman–Crippen MR) is 66.7 cm³/mol. The minimum Gasteiger partial charge on any atom is -0.385 e. The first-order valence-corrected chi connectivity index (χ1v) is 6.72. The summed E-state index contributed by atoms with van der Waals surface area (Å²) >= 11 is 0. The molecule has 1 atom stereocenters. The summed E-state index contributed by atoms with van der Waals surface area (Å²) in [5.74, 6) is 0. The van der Waals surface area contributed by atoms with Crippen molar-refractivity contribution in [3.63, 3.8) is 0 Å². The lowest BCUT2D eigenvalue weighted by molar-refractivity contribution is 0.154. The van der Waals surface area contributed by atoms with Gasteiger partial charge in [-0.15, -0.1) is 0 Å². The van der Waals surface area contributed by atoms with E-state index in [-0.39, 0.29) is 0 Å². The second-order valence-corrected chi connectivity index (χ2v) is 4.97. The van der Waals surface area contributed by atoms with Crippen LogP contribution in [-0.2, 0) is 4.74 Å². The summed E-state index contributed by atoms with van der Waals surface area (Å²) in [6.45, 7) is 2.02. The summed E-state index contributed by atoms with van der Waals surface area (Å²) in [5, 5.41) is 7.20. The zero-order valence-electron chi connectivity index (χ0n) is 10.5. The van der Waals surface area contributed by atoms with Crippen molar-refractivity contribution < 1.29 is 4.74 Å². The van der Waals surface area contributed by atoms with E-state index < -0.39 is 0 Å². The van der Waals surface area contributed by atoms with Crippen LogP contribution in [0.25, 0.3) is 0 Å². The van der Waals surface area contributed by atoms with Gasteiger partial charge in [-0.1, -0.05) is 6.42 Å². The summed E-state index contributed by atoms with van der Waals surface area (Å²) in [4.78, 5) is 0. The number of hydrazone groups is 1. The fourth-order valence-electron chi connectivity index (χ4n) is 2.74. The molecule has 0 aromatic heterocycles. The van der Waals surface area contributed by atoms with E-state index in [9.17, 15) is 0 Å². The molecule has 0 spiro atoms. The van der Waals surface area contributed by atoms with E-state index in [1.54, 1.807) is 7.11 Å². The Hall–Kier alpha value is -0.570. The topological polar surface area (TPSA) is 24.8 Å². The molecule has 1 saturated carbocycles. The molecule has 1 heterocycles. The van der Waals surface area contributed by atoms with Gasteiger partial charge in [0.2, 0.25) is 0 Å². The van der Waals surface area contributed by atoms with Crippen LogP contribution in [-0.4, -0.2) is 37.0 Å². The summed E-state index contributed by atoms with van der Waals surface area (Å²) in [6.07, 6.45) is 10.3. The fourth-order valence-corrected chi connectivity index (χ4v) is 2.74. The highest BCUT2D eigenvalue weighted by Crippen LogP contribution is 2.23. The van der Waals surface area contributed by atoms with E-state index in [2.05, 4.69) is 5.01 Å². The molecule has 92 valence electrons. The van der Waals surface area contributed by atoms with Gasteiger partial charge in [-0.3, -0.25) is 5.01 Å².